The second-order valence-corrected chi connectivity index (χ2v) is 4.42. The Hall–Kier alpha value is -1.59. The third-order valence-corrected chi connectivity index (χ3v) is 2.83. The molecule has 0 spiro atoms. The van der Waals surface area contributed by atoms with Crippen molar-refractivity contribution in [3.05, 3.63) is 30.3 Å². The first-order chi connectivity index (χ1) is 9.24. The Morgan fingerprint density at radius 1 is 1.30 bits per heavy atom. The van der Waals surface area contributed by atoms with Crippen molar-refractivity contribution in [2.24, 2.45) is 0 Å². The van der Waals surface area contributed by atoms with Crippen LogP contribution >= 0.6 is 12.4 Å². The third kappa shape index (κ3) is 5.59. The summed E-state index contributed by atoms with van der Waals surface area (Å²) in [6.07, 6.45) is 1.56. The van der Waals surface area contributed by atoms with Crippen LogP contribution in [0.3, 0.4) is 0 Å². The summed E-state index contributed by atoms with van der Waals surface area (Å²) < 4.78 is 10.5. The van der Waals surface area contributed by atoms with Crippen LogP contribution in [-0.2, 0) is 14.3 Å². The molecule has 0 aliphatic carbocycles. The lowest BCUT2D eigenvalue weighted by Gasteiger charge is -2.10. The van der Waals surface area contributed by atoms with E-state index in [4.69, 9.17) is 9.47 Å². The molecule has 1 atom stereocenters. The van der Waals surface area contributed by atoms with Gasteiger partial charge in [0.25, 0.3) is 0 Å². The van der Waals surface area contributed by atoms with Gasteiger partial charge in [0.1, 0.15) is 5.75 Å². The molecule has 0 bridgehead atoms. The zero-order valence-corrected chi connectivity index (χ0v) is 11.9. The fourth-order valence-corrected chi connectivity index (χ4v) is 1.85. The maximum atomic E-state index is 11.5. The predicted octanol–water partition coefficient (Wildman–Crippen LogP) is 1.70. The Morgan fingerprint density at radius 3 is 2.70 bits per heavy atom. The van der Waals surface area contributed by atoms with Gasteiger partial charge in [-0.1, -0.05) is 18.2 Å². The van der Waals surface area contributed by atoms with Gasteiger partial charge in [-0.15, -0.1) is 12.4 Å². The van der Waals surface area contributed by atoms with Gasteiger partial charge >= 0.3 is 5.97 Å². The van der Waals surface area contributed by atoms with Crippen molar-refractivity contribution in [1.29, 1.82) is 0 Å². The molecule has 0 saturated carbocycles. The average Bonchev–Trinajstić information content (AvgIpc) is 2.82. The van der Waals surface area contributed by atoms with E-state index in [1.165, 1.54) is 0 Å². The molecule has 5 nitrogen and oxygen atoms in total. The first kappa shape index (κ1) is 16.5. The first-order valence-corrected chi connectivity index (χ1v) is 6.37. The average molecular weight is 300 g/mol. The normalized spacial score (nSPS) is 17.2. The highest BCUT2D eigenvalue weighted by Crippen LogP contribution is 2.09. The molecule has 1 aromatic rings. The molecule has 1 saturated heterocycles. The van der Waals surface area contributed by atoms with Crippen LogP contribution in [0.2, 0.25) is 0 Å². The van der Waals surface area contributed by atoms with Gasteiger partial charge in [0, 0.05) is 6.42 Å². The minimum absolute atomic E-state index is 0. The molecule has 1 heterocycles. The van der Waals surface area contributed by atoms with E-state index in [1.54, 1.807) is 12.1 Å². The van der Waals surface area contributed by atoms with Crippen LogP contribution in [0.15, 0.2) is 30.3 Å². The van der Waals surface area contributed by atoms with Crippen molar-refractivity contribution in [2.45, 2.75) is 25.3 Å². The van der Waals surface area contributed by atoms with Gasteiger partial charge in [0.2, 0.25) is 5.91 Å². The summed E-state index contributed by atoms with van der Waals surface area (Å²) in [7, 11) is 0. The number of benzene rings is 1. The number of esters is 1. The molecule has 0 unspecified atom stereocenters. The number of hydrogen-bond donors (Lipinski definition) is 1. The Kier molecular flexibility index (Phi) is 7.04. The molecule has 110 valence electrons. The highest BCUT2D eigenvalue weighted by molar-refractivity contribution is 5.85. The standard InChI is InChI=1S/C14H17NO4.ClH/c16-13-7-6-11(15-13)10-18-9-8-14(17)19-12-4-2-1-3-5-12;/h1-5,11H,6-10H2,(H,15,16);1H/t11-;/m0./s1. The summed E-state index contributed by atoms with van der Waals surface area (Å²) in [5.74, 6) is 0.286. The minimum atomic E-state index is -0.318. The van der Waals surface area contributed by atoms with Crippen LogP contribution in [0.4, 0.5) is 0 Å². The quantitative estimate of drug-likeness (QED) is 0.493. The first-order valence-electron chi connectivity index (χ1n) is 6.37. The van der Waals surface area contributed by atoms with E-state index in [0.717, 1.165) is 6.42 Å². The molecule has 2 rings (SSSR count). The lowest BCUT2D eigenvalue weighted by atomic mass is 10.2. The molecule has 6 heteroatoms. The summed E-state index contributed by atoms with van der Waals surface area (Å²) in [6.45, 7) is 0.752. The van der Waals surface area contributed by atoms with E-state index < -0.39 is 0 Å². The topological polar surface area (TPSA) is 64.6 Å². The van der Waals surface area contributed by atoms with E-state index in [9.17, 15) is 9.59 Å². The van der Waals surface area contributed by atoms with Crippen LogP contribution in [0.5, 0.6) is 5.75 Å². The minimum Gasteiger partial charge on any atom is -0.426 e. The largest absolute Gasteiger partial charge is 0.426 e. The highest BCUT2D eigenvalue weighted by Gasteiger charge is 2.20. The number of carbonyl (C=O) groups excluding carboxylic acids is 2. The predicted molar refractivity (Wildman–Crippen MR) is 75.9 cm³/mol. The second-order valence-electron chi connectivity index (χ2n) is 4.42. The molecular weight excluding hydrogens is 282 g/mol. The van der Waals surface area contributed by atoms with Crippen molar-refractivity contribution < 1.29 is 19.1 Å². The molecule has 1 fully saturated rings. The van der Waals surface area contributed by atoms with Gasteiger partial charge in [0.15, 0.2) is 0 Å². The zero-order valence-electron chi connectivity index (χ0n) is 11.0. The summed E-state index contributed by atoms with van der Waals surface area (Å²) in [5.41, 5.74) is 0. The Labute approximate surface area is 124 Å². The Balaban J connectivity index is 0.00000200. The number of ether oxygens (including phenoxy) is 2. The number of para-hydroxylation sites is 1. The number of amides is 1. The summed E-state index contributed by atoms with van der Waals surface area (Å²) in [6, 6.07) is 9.01. The van der Waals surface area contributed by atoms with E-state index in [2.05, 4.69) is 5.32 Å². The SMILES string of the molecule is Cl.O=C1CC[C@@H](COCCC(=O)Oc2ccccc2)N1. The molecule has 0 radical (unpaired) electrons. The van der Waals surface area contributed by atoms with Gasteiger partial charge < -0.3 is 14.8 Å². The molecular formula is C14H18ClNO4. The molecule has 1 N–H and O–H groups in total. The van der Waals surface area contributed by atoms with E-state index in [0.29, 0.717) is 25.4 Å². The number of rotatable bonds is 6. The molecule has 0 aromatic heterocycles. The molecule has 1 aromatic carbocycles. The van der Waals surface area contributed by atoms with Crippen molar-refractivity contribution >= 4 is 24.3 Å². The highest BCUT2D eigenvalue weighted by atomic mass is 35.5. The second kappa shape index (κ2) is 8.55. The Morgan fingerprint density at radius 2 is 2.05 bits per heavy atom. The Bertz CT molecular complexity index is 438. The van der Waals surface area contributed by atoms with Crippen molar-refractivity contribution in [2.75, 3.05) is 13.2 Å². The van der Waals surface area contributed by atoms with Crippen LogP contribution in [0.1, 0.15) is 19.3 Å². The van der Waals surface area contributed by atoms with Gasteiger partial charge in [-0.25, -0.2) is 0 Å². The van der Waals surface area contributed by atoms with E-state index in [1.807, 2.05) is 18.2 Å². The monoisotopic (exact) mass is 299 g/mol. The van der Waals surface area contributed by atoms with Gasteiger partial charge in [-0.2, -0.15) is 0 Å². The fraction of sp³-hybridized carbons (Fsp3) is 0.429. The lowest BCUT2D eigenvalue weighted by molar-refractivity contribution is -0.135. The smallest absolute Gasteiger partial charge is 0.313 e. The summed E-state index contributed by atoms with van der Waals surface area (Å²) >= 11 is 0. The molecule has 1 aliphatic heterocycles. The van der Waals surface area contributed by atoms with E-state index in [-0.39, 0.29) is 36.7 Å². The third-order valence-electron chi connectivity index (χ3n) is 2.83. The van der Waals surface area contributed by atoms with Crippen LogP contribution in [0.25, 0.3) is 0 Å². The number of halogens is 1. The maximum absolute atomic E-state index is 11.5. The van der Waals surface area contributed by atoms with Crippen LogP contribution < -0.4 is 10.1 Å². The van der Waals surface area contributed by atoms with Gasteiger partial charge in [0.05, 0.1) is 25.7 Å². The summed E-state index contributed by atoms with van der Waals surface area (Å²) in [4.78, 5) is 22.4. The van der Waals surface area contributed by atoms with Crippen LogP contribution in [-0.4, -0.2) is 31.1 Å². The molecule has 1 aliphatic rings. The van der Waals surface area contributed by atoms with E-state index >= 15 is 0 Å². The van der Waals surface area contributed by atoms with Crippen molar-refractivity contribution in [3.8, 4) is 5.75 Å². The number of carbonyl (C=O) groups is 2. The number of nitrogens with one attached hydrogen (secondary N) is 1. The maximum Gasteiger partial charge on any atom is 0.313 e. The molecule has 1 amide bonds. The van der Waals surface area contributed by atoms with Gasteiger partial charge in [-0.05, 0) is 18.6 Å². The van der Waals surface area contributed by atoms with Crippen molar-refractivity contribution in [1.82, 2.24) is 5.32 Å². The van der Waals surface area contributed by atoms with Gasteiger partial charge in [-0.3, -0.25) is 9.59 Å². The zero-order chi connectivity index (χ0) is 13.5. The van der Waals surface area contributed by atoms with Crippen molar-refractivity contribution in [3.63, 3.8) is 0 Å². The molecule has 20 heavy (non-hydrogen) atoms. The number of hydrogen-bond acceptors (Lipinski definition) is 4. The fourth-order valence-electron chi connectivity index (χ4n) is 1.85. The summed E-state index contributed by atoms with van der Waals surface area (Å²) in [5, 5.41) is 2.80. The van der Waals surface area contributed by atoms with Crippen LogP contribution in [0, 0.1) is 0 Å². The lowest BCUT2D eigenvalue weighted by Crippen LogP contribution is -2.30.